The van der Waals surface area contributed by atoms with Crippen molar-refractivity contribution in [1.82, 2.24) is 9.80 Å². The van der Waals surface area contributed by atoms with Crippen molar-refractivity contribution in [1.29, 1.82) is 0 Å². The van der Waals surface area contributed by atoms with Crippen molar-refractivity contribution in [3.8, 4) is 11.5 Å². The minimum Gasteiger partial charge on any atom is -0.497 e. The summed E-state index contributed by atoms with van der Waals surface area (Å²) in [6, 6.07) is 9.29. The molecule has 9 nitrogen and oxygen atoms in total. The molecule has 0 radical (unpaired) electrons. The fraction of sp³-hybridized carbons (Fsp3) is 0.241. The number of allylic oxidation sites excluding steroid dienone is 5. The SMILES string of the molecule is C=C/N=C1\C(=C)C=CC=C1S(=O)(=O)Nc1ccc(C(=O)N2CCN(Cc3ccc(OC)cc3F)CC2)c(OC)c1. The molecule has 0 atom stereocenters. The number of sulfonamides is 1. The van der Waals surface area contributed by atoms with Gasteiger partial charge in [0.1, 0.15) is 22.2 Å². The molecule has 1 saturated heterocycles. The van der Waals surface area contributed by atoms with Crippen LogP contribution in [0.2, 0.25) is 0 Å². The monoisotopic (exact) mass is 566 g/mol. The van der Waals surface area contributed by atoms with Gasteiger partial charge in [-0.2, -0.15) is 0 Å². The predicted octanol–water partition coefficient (Wildman–Crippen LogP) is 4.14. The summed E-state index contributed by atoms with van der Waals surface area (Å²) in [6.45, 7) is 9.84. The lowest BCUT2D eigenvalue weighted by molar-refractivity contribution is 0.0624. The highest BCUT2D eigenvalue weighted by molar-refractivity contribution is 7.97. The second kappa shape index (κ2) is 12.3. The van der Waals surface area contributed by atoms with Gasteiger partial charge in [-0.05, 0) is 29.8 Å². The van der Waals surface area contributed by atoms with E-state index in [0.29, 0.717) is 55.2 Å². The number of piperazine rings is 1. The van der Waals surface area contributed by atoms with E-state index in [1.54, 1.807) is 29.2 Å². The Hall–Kier alpha value is -4.22. The molecule has 11 heteroatoms. The van der Waals surface area contributed by atoms with Crippen LogP contribution in [0, 0.1) is 5.82 Å². The van der Waals surface area contributed by atoms with Crippen LogP contribution in [0.1, 0.15) is 15.9 Å². The zero-order valence-corrected chi connectivity index (χ0v) is 23.2. The van der Waals surface area contributed by atoms with Crippen LogP contribution in [0.3, 0.4) is 0 Å². The van der Waals surface area contributed by atoms with Crippen LogP contribution in [0.5, 0.6) is 11.5 Å². The quantitative estimate of drug-likeness (QED) is 0.490. The molecule has 0 saturated carbocycles. The van der Waals surface area contributed by atoms with E-state index in [2.05, 4.69) is 27.8 Å². The van der Waals surface area contributed by atoms with Gasteiger partial charge in [-0.1, -0.05) is 31.4 Å². The maximum Gasteiger partial charge on any atom is 0.264 e. The van der Waals surface area contributed by atoms with Gasteiger partial charge in [0.05, 0.1) is 31.2 Å². The Kier molecular flexibility index (Phi) is 8.86. The average molecular weight is 567 g/mol. The molecule has 2 aromatic carbocycles. The van der Waals surface area contributed by atoms with E-state index in [1.165, 1.54) is 50.8 Å². The molecule has 40 heavy (non-hydrogen) atoms. The number of hydrogen-bond donors (Lipinski definition) is 1. The van der Waals surface area contributed by atoms with Crippen molar-refractivity contribution < 1.29 is 27.1 Å². The Labute approximate surface area is 233 Å². The first-order chi connectivity index (χ1) is 19.2. The first-order valence-electron chi connectivity index (χ1n) is 12.5. The van der Waals surface area contributed by atoms with Crippen LogP contribution in [0.25, 0.3) is 0 Å². The molecule has 1 aliphatic heterocycles. The summed E-state index contributed by atoms with van der Waals surface area (Å²) in [5.41, 5.74) is 1.72. The van der Waals surface area contributed by atoms with Gasteiger partial charge < -0.3 is 14.4 Å². The summed E-state index contributed by atoms with van der Waals surface area (Å²) in [5.74, 6) is 0.127. The van der Waals surface area contributed by atoms with Gasteiger partial charge in [0.25, 0.3) is 15.9 Å². The van der Waals surface area contributed by atoms with E-state index < -0.39 is 10.0 Å². The van der Waals surface area contributed by atoms with Gasteiger partial charge in [0, 0.05) is 56.6 Å². The van der Waals surface area contributed by atoms with Crippen molar-refractivity contribution in [3.63, 3.8) is 0 Å². The van der Waals surface area contributed by atoms with Crippen molar-refractivity contribution >= 4 is 27.3 Å². The Morgan fingerprint density at radius 1 is 1.12 bits per heavy atom. The zero-order valence-electron chi connectivity index (χ0n) is 22.4. The third-order valence-corrected chi connectivity index (χ3v) is 8.00. The summed E-state index contributed by atoms with van der Waals surface area (Å²) < 4.78 is 53.7. The molecule has 2 aliphatic rings. The number of methoxy groups -OCH3 is 2. The second-order valence-corrected chi connectivity index (χ2v) is 10.8. The Morgan fingerprint density at radius 3 is 2.52 bits per heavy atom. The van der Waals surface area contributed by atoms with E-state index in [4.69, 9.17) is 9.47 Å². The highest BCUT2D eigenvalue weighted by Crippen LogP contribution is 2.28. The van der Waals surface area contributed by atoms with E-state index >= 15 is 0 Å². The number of ether oxygens (including phenoxy) is 2. The maximum absolute atomic E-state index is 14.4. The van der Waals surface area contributed by atoms with Gasteiger partial charge in [-0.15, -0.1) is 0 Å². The lowest BCUT2D eigenvalue weighted by atomic mass is 10.1. The third-order valence-electron chi connectivity index (χ3n) is 6.59. The minimum atomic E-state index is -4.03. The number of carbonyl (C=O) groups is 1. The van der Waals surface area contributed by atoms with Gasteiger partial charge in [0.2, 0.25) is 0 Å². The van der Waals surface area contributed by atoms with Gasteiger partial charge in [-0.3, -0.25) is 19.4 Å². The summed E-state index contributed by atoms with van der Waals surface area (Å²) >= 11 is 0. The van der Waals surface area contributed by atoms with Crippen LogP contribution < -0.4 is 14.2 Å². The molecule has 1 N–H and O–H groups in total. The molecule has 0 spiro atoms. The molecular formula is C29H31FN4O5S. The second-order valence-electron chi connectivity index (χ2n) is 9.12. The maximum atomic E-state index is 14.4. The number of nitrogens with zero attached hydrogens (tertiary/aromatic N) is 3. The molecule has 4 rings (SSSR count). The average Bonchev–Trinajstić information content (AvgIpc) is 2.95. The number of aliphatic imine (C=N–C) groups is 1. The number of halogens is 1. The van der Waals surface area contributed by atoms with Crippen molar-refractivity contribution in [2.24, 2.45) is 4.99 Å². The predicted molar refractivity (Wildman–Crippen MR) is 154 cm³/mol. The number of rotatable bonds is 9. The molecule has 1 amide bonds. The number of hydrogen-bond acceptors (Lipinski definition) is 7. The third kappa shape index (κ3) is 6.32. The first kappa shape index (κ1) is 28.8. The van der Waals surface area contributed by atoms with Crippen LogP contribution in [-0.2, 0) is 16.6 Å². The van der Waals surface area contributed by atoms with Crippen LogP contribution in [0.4, 0.5) is 10.1 Å². The molecule has 0 bridgehead atoms. The Morgan fingerprint density at radius 2 is 1.88 bits per heavy atom. The highest BCUT2D eigenvalue weighted by Gasteiger charge is 2.28. The zero-order chi connectivity index (χ0) is 28.9. The number of amides is 1. The lowest BCUT2D eigenvalue weighted by Gasteiger charge is -2.35. The van der Waals surface area contributed by atoms with Gasteiger partial charge >= 0.3 is 0 Å². The van der Waals surface area contributed by atoms with E-state index in [1.807, 2.05) is 0 Å². The minimum absolute atomic E-state index is 0.0496. The summed E-state index contributed by atoms with van der Waals surface area (Å²) in [7, 11) is -1.12. The van der Waals surface area contributed by atoms with Crippen molar-refractivity contribution in [2.45, 2.75) is 6.54 Å². The molecule has 210 valence electrons. The van der Waals surface area contributed by atoms with Crippen LogP contribution in [0.15, 0.2) is 89.5 Å². The largest absolute Gasteiger partial charge is 0.497 e. The molecular weight excluding hydrogens is 535 g/mol. The molecule has 1 fully saturated rings. The smallest absolute Gasteiger partial charge is 0.264 e. The normalized spacial score (nSPS) is 17.0. The van der Waals surface area contributed by atoms with E-state index in [0.717, 1.165) is 0 Å². The fourth-order valence-corrected chi connectivity index (χ4v) is 5.71. The number of nitrogens with one attached hydrogen (secondary N) is 1. The van der Waals surface area contributed by atoms with E-state index in [-0.39, 0.29) is 33.8 Å². The molecule has 0 unspecified atom stereocenters. The van der Waals surface area contributed by atoms with E-state index in [9.17, 15) is 17.6 Å². The van der Waals surface area contributed by atoms with Crippen molar-refractivity contribution in [2.75, 3.05) is 45.1 Å². The standard InChI is InChI=1S/C29H31FN4O5S/c1-5-31-28-20(2)7-6-8-27(28)40(36,37)32-22-10-12-24(26(17-22)39-4)29(35)34-15-13-33(14-16-34)19-21-9-11-23(38-3)18-25(21)30/h5-12,17-18,32H,1-2,13-16,19H2,3-4H3/b31-28+. The van der Waals surface area contributed by atoms with Crippen LogP contribution >= 0.6 is 0 Å². The highest BCUT2D eigenvalue weighted by atomic mass is 32.2. The lowest BCUT2D eigenvalue weighted by Crippen LogP contribution is -2.48. The number of anilines is 1. The first-order valence-corrected chi connectivity index (χ1v) is 14.0. The summed E-state index contributed by atoms with van der Waals surface area (Å²) in [5, 5.41) is 0. The van der Waals surface area contributed by atoms with Gasteiger partial charge in [0.15, 0.2) is 0 Å². The Balaban J connectivity index is 1.43. The molecule has 1 heterocycles. The number of carbonyl (C=O) groups excluding carboxylic acids is 1. The molecule has 1 aliphatic carbocycles. The summed E-state index contributed by atoms with van der Waals surface area (Å²) in [6.07, 6.45) is 5.91. The van der Waals surface area contributed by atoms with Crippen molar-refractivity contribution in [3.05, 3.63) is 101 Å². The topological polar surface area (TPSA) is 101 Å². The summed E-state index contributed by atoms with van der Waals surface area (Å²) in [4.78, 5) is 21.1. The molecule has 2 aromatic rings. The Bertz CT molecular complexity index is 1520. The molecule has 0 aromatic heterocycles. The van der Waals surface area contributed by atoms with Gasteiger partial charge in [-0.25, -0.2) is 12.8 Å². The van der Waals surface area contributed by atoms with Crippen LogP contribution in [-0.4, -0.2) is 70.2 Å². The fourth-order valence-electron chi connectivity index (χ4n) is 4.47. The number of benzene rings is 2.